The zero-order valence-corrected chi connectivity index (χ0v) is 10.6. The summed E-state index contributed by atoms with van der Waals surface area (Å²) in [7, 11) is 1.38. The fourth-order valence-corrected chi connectivity index (χ4v) is 1.32. The standard InChI is InChI=1S/C13H18FNO2/c1-13(2,3)15-8-10(16)9-6-5-7-11(17-4)12(9)14/h5-7,15H,8H2,1-4H3. The van der Waals surface area contributed by atoms with Gasteiger partial charge in [0.25, 0.3) is 0 Å². The van der Waals surface area contributed by atoms with Crippen LogP contribution in [-0.2, 0) is 0 Å². The van der Waals surface area contributed by atoms with Crippen molar-refractivity contribution in [3.05, 3.63) is 29.6 Å². The molecule has 3 nitrogen and oxygen atoms in total. The van der Waals surface area contributed by atoms with Crippen LogP contribution in [0.25, 0.3) is 0 Å². The largest absolute Gasteiger partial charge is 0.494 e. The van der Waals surface area contributed by atoms with Crippen LogP contribution in [0.4, 0.5) is 4.39 Å². The first-order chi connectivity index (χ1) is 7.85. The van der Waals surface area contributed by atoms with Crippen molar-refractivity contribution in [3.8, 4) is 5.75 Å². The number of ether oxygens (including phenoxy) is 1. The van der Waals surface area contributed by atoms with E-state index in [1.807, 2.05) is 20.8 Å². The Morgan fingerprint density at radius 1 is 1.41 bits per heavy atom. The molecule has 0 saturated carbocycles. The molecule has 1 aromatic rings. The highest BCUT2D eigenvalue weighted by Gasteiger charge is 2.17. The highest BCUT2D eigenvalue weighted by Crippen LogP contribution is 2.20. The average Bonchev–Trinajstić information content (AvgIpc) is 2.25. The van der Waals surface area contributed by atoms with Crippen molar-refractivity contribution in [2.45, 2.75) is 26.3 Å². The van der Waals surface area contributed by atoms with Crippen molar-refractivity contribution in [2.75, 3.05) is 13.7 Å². The van der Waals surface area contributed by atoms with Crippen LogP contribution < -0.4 is 10.1 Å². The molecule has 0 unspecified atom stereocenters. The SMILES string of the molecule is COc1cccc(C(=O)CNC(C)(C)C)c1F. The lowest BCUT2D eigenvalue weighted by Crippen LogP contribution is -2.39. The summed E-state index contributed by atoms with van der Waals surface area (Å²) in [5.74, 6) is -0.793. The van der Waals surface area contributed by atoms with Crippen LogP contribution in [0.3, 0.4) is 0 Å². The minimum absolute atomic E-state index is 0.0566. The van der Waals surface area contributed by atoms with Gasteiger partial charge < -0.3 is 10.1 Å². The lowest BCUT2D eigenvalue weighted by molar-refractivity contribution is 0.0977. The maximum atomic E-state index is 13.8. The van der Waals surface area contributed by atoms with Gasteiger partial charge in [0.05, 0.1) is 19.2 Å². The molecule has 0 aromatic heterocycles. The van der Waals surface area contributed by atoms with Gasteiger partial charge in [-0.3, -0.25) is 4.79 Å². The van der Waals surface area contributed by atoms with Crippen molar-refractivity contribution in [2.24, 2.45) is 0 Å². The summed E-state index contributed by atoms with van der Waals surface area (Å²) in [6.07, 6.45) is 0. The number of benzene rings is 1. The summed E-state index contributed by atoms with van der Waals surface area (Å²) in [6.45, 7) is 5.94. The molecule has 0 radical (unpaired) electrons. The van der Waals surface area contributed by atoms with Gasteiger partial charge in [0.2, 0.25) is 0 Å². The van der Waals surface area contributed by atoms with E-state index in [-0.39, 0.29) is 29.2 Å². The lowest BCUT2D eigenvalue weighted by Gasteiger charge is -2.20. The van der Waals surface area contributed by atoms with Crippen molar-refractivity contribution in [3.63, 3.8) is 0 Å². The summed E-state index contributed by atoms with van der Waals surface area (Å²) in [5, 5.41) is 3.03. The third-order valence-corrected chi connectivity index (χ3v) is 2.26. The molecule has 0 atom stereocenters. The van der Waals surface area contributed by atoms with E-state index in [1.54, 1.807) is 6.07 Å². The molecule has 0 heterocycles. The maximum absolute atomic E-state index is 13.8. The molecule has 94 valence electrons. The first kappa shape index (κ1) is 13.6. The Balaban J connectivity index is 2.83. The van der Waals surface area contributed by atoms with Crippen molar-refractivity contribution >= 4 is 5.78 Å². The Kier molecular flexibility index (Phi) is 4.23. The molecular formula is C13H18FNO2. The highest BCUT2D eigenvalue weighted by atomic mass is 19.1. The molecule has 0 amide bonds. The third kappa shape index (κ3) is 3.82. The molecular weight excluding hydrogens is 221 g/mol. The number of hydrogen-bond acceptors (Lipinski definition) is 3. The zero-order valence-electron chi connectivity index (χ0n) is 10.6. The number of halogens is 1. The molecule has 0 spiro atoms. The summed E-state index contributed by atoms with van der Waals surface area (Å²) in [4.78, 5) is 11.8. The Hall–Kier alpha value is -1.42. The summed E-state index contributed by atoms with van der Waals surface area (Å²) in [6, 6.07) is 4.56. The molecule has 1 N–H and O–H groups in total. The number of rotatable bonds is 4. The monoisotopic (exact) mass is 239 g/mol. The third-order valence-electron chi connectivity index (χ3n) is 2.26. The van der Waals surface area contributed by atoms with E-state index in [9.17, 15) is 9.18 Å². The van der Waals surface area contributed by atoms with E-state index in [0.29, 0.717) is 0 Å². The van der Waals surface area contributed by atoms with Crippen LogP contribution in [0, 0.1) is 5.82 Å². The van der Waals surface area contributed by atoms with E-state index in [2.05, 4.69) is 5.32 Å². The lowest BCUT2D eigenvalue weighted by atomic mass is 10.1. The number of Topliss-reactive ketones (excluding diaryl/α,β-unsaturated/α-hetero) is 1. The second-order valence-corrected chi connectivity index (χ2v) is 4.85. The first-order valence-electron chi connectivity index (χ1n) is 5.46. The topological polar surface area (TPSA) is 38.3 Å². The quantitative estimate of drug-likeness (QED) is 0.820. The molecule has 1 rings (SSSR count). The molecule has 17 heavy (non-hydrogen) atoms. The molecule has 0 bridgehead atoms. The van der Waals surface area contributed by atoms with E-state index < -0.39 is 5.82 Å². The Labute approximate surface area is 101 Å². The van der Waals surface area contributed by atoms with Gasteiger partial charge in [0.1, 0.15) is 0 Å². The van der Waals surface area contributed by atoms with Crippen LogP contribution in [0.2, 0.25) is 0 Å². The zero-order chi connectivity index (χ0) is 13.1. The predicted octanol–water partition coefficient (Wildman–Crippen LogP) is 2.41. The van der Waals surface area contributed by atoms with Crippen LogP contribution in [0.5, 0.6) is 5.75 Å². The molecule has 0 saturated heterocycles. The van der Waals surface area contributed by atoms with Gasteiger partial charge in [-0.1, -0.05) is 6.07 Å². The summed E-state index contributed by atoms with van der Waals surface area (Å²) < 4.78 is 18.6. The number of hydrogen-bond donors (Lipinski definition) is 1. The maximum Gasteiger partial charge on any atom is 0.179 e. The molecule has 1 aromatic carbocycles. The normalized spacial score (nSPS) is 11.4. The highest BCUT2D eigenvalue weighted by molar-refractivity contribution is 5.98. The van der Waals surface area contributed by atoms with Crippen molar-refractivity contribution in [1.82, 2.24) is 5.32 Å². The fraction of sp³-hybridized carbons (Fsp3) is 0.462. The minimum Gasteiger partial charge on any atom is -0.494 e. The Morgan fingerprint density at radius 3 is 2.59 bits per heavy atom. The second kappa shape index (κ2) is 5.27. The summed E-state index contributed by atoms with van der Waals surface area (Å²) in [5.41, 5.74) is -0.119. The van der Waals surface area contributed by atoms with Crippen LogP contribution >= 0.6 is 0 Å². The van der Waals surface area contributed by atoms with Crippen LogP contribution in [0.1, 0.15) is 31.1 Å². The molecule has 0 aliphatic heterocycles. The van der Waals surface area contributed by atoms with Gasteiger partial charge in [0.15, 0.2) is 17.3 Å². The average molecular weight is 239 g/mol. The van der Waals surface area contributed by atoms with Gasteiger partial charge in [-0.25, -0.2) is 4.39 Å². The number of carbonyl (C=O) groups is 1. The predicted molar refractivity (Wildman–Crippen MR) is 65.0 cm³/mol. The van der Waals surface area contributed by atoms with Crippen LogP contribution in [-0.4, -0.2) is 25.0 Å². The molecule has 0 aliphatic rings. The van der Waals surface area contributed by atoms with E-state index in [4.69, 9.17) is 4.74 Å². The van der Waals surface area contributed by atoms with Crippen LogP contribution in [0.15, 0.2) is 18.2 Å². The van der Waals surface area contributed by atoms with E-state index in [0.717, 1.165) is 0 Å². The van der Waals surface area contributed by atoms with Crippen molar-refractivity contribution < 1.29 is 13.9 Å². The second-order valence-electron chi connectivity index (χ2n) is 4.85. The van der Waals surface area contributed by atoms with Crippen molar-refractivity contribution in [1.29, 1.82) is 0 Å². The Bertz CT molecular complexity index is 410. The van der Waals surface area contributed by atoms with Gasteiger partial charge in [-0.2, -0.15) is 0 Å². The fourth-order valence-electron chi connectivity index (χ4n) is 1.32. The number of ketones is 1. The number of methoxy groups -OCH3 is 1. The van der Waals surface area contributed by atoms with E-state index >= 15 is 0 Å². The number of carbonyl (C=O) groups excluding carboxylic acids is 1. The molecule has 0 fully saturated rings. The molecule has 0 aliphatic carbocycles. The van der Waals surface area contributed by atoms with E-state index in [1.165, 1.54) is 19.2 Å². The first-order valence-corrected chi connectivity index (χ1v) is 5.46. The van der Waals surface area contributed by atoms with Gasteiger partial charge in [-0.15, -0.1) is 0 Å². The smallest absolute Gasteiger partial charge is 0.179 e. The molecule has 4 heteroatoms. The van der Waals surface area contributed by atoms with Gasteiger partial charge in [-0.05, 0) is 32.9 Å². The van der Waals surface area contributed by atoms with Gasteiger partial charge >= 0.3 is 0 Å². The summed E-state index contributed by atoms with van der Waals surface area (Å²) >= 11 is 0. The van der Waals surface area contributed by atoms with Gasteiger partial charge in [0, 0.05) is 5.54 Å². The Morgan fingerprint density at radius 2 is 2.06 bits per heavy atom. The minimum atomic E-state index is -0.601. The number of nitrogens with one attached hydrogen (secondary N) is 1.